The van der Waals surface area contributed by atoms with Crippen molar-refractivity contribution >= 4 is 29.3 Å². The van der Waals surface area contributed by atoms with E-state index in [0.717, 1.165) is 11.8 Å². The normalized spacial score (nSPS) is 18.5. The highest BCUT2D eigenvalue weighted by atomic mass is 32.2. The molecule has 21 heavy (non-hydrogen) atoms. The maximum absolute atomic E-state index is 12.4. The molecule has 1 fully saturated rings. The van der Waals surface area contributed by atoms with Crippen LogP contribution in [0, 0.1) is 0 Å². The third-order valence-corrected chi connectivity index (χ3v) is 4.01. The largest absolute Gasteiger partial charge is 0.415 e. The van der Waals surface area contributed by atoms with Gasteiger partial charge in [0, 0.05) is 6.42 Å². The first-order valence-corrected chi connectivity index (χ1v) is 7.18. The molecular weight excluding hydrogens is 292 g/mol. The number of thioether (sulfide) groups is 1. The Kier molecular flexibility index (Phi) is 3.72. The van der Waals surface area contributed by atoms with E-state index >= 15 is 0 Å². The molecule has 8 heteroatoms. The summed E-state index contributed by atoms with van der Waals surface area (Å²) < 4.78 is 5.25. The van der Waals surface area contributed by atoms with Crippen LogP contribution in [-0.4, -0.2) is 27.3 Å². The highest BCUT2D eigenvalue weighted by Crippen LogP contribution is 2.33. The molecule has 1 aliphatic heterocycles. The molecule has 0 spiro atoms. The molecule has 7 nitrogen and oxygen atoms in total. The number of hydrogen-bond donors (Lipinski definition) is 1. The van der Waals surface area contributed by atoms with Gasteiger partial charge in [-0.2, -0.15) is 0 Å². The van der Waals surface area contributed by atoms with Gasteiger partial charge in [0.1, 0.15) is 5.25 Å². The summed E-state index contributed by atoms with van der Waals surface area (Å²) in [5, 5.41) is 7.21. The van der Waals surface area contributed by atoms with Crippen molar-refractivity contribution in [3.05, 3.63) is 36.2 Å². The van der Waals surface area contributed by atoms with Crippen LogP contribution in [0.3, 0.4) is 0 Å². The number of nitrogens with two attached hydrogens (primary N) is 1. The first-order chi connectivity index (χ1) is 10.2. The molecule has 1 aliphatic rings. The van der Waals surface area contributed by atoms with E-state index in [-0.39, 0.29) is 30.0 Å². The average Bonchev–Trinajstić information content (AvgIpc) is 3.05. The van der Waals surface area contributed by atoms with Crippen molar-refractivity contribution in [1.29, 1.82) is 0 Å². The number of carbonyl (C=O) groups excluding carboxylic acids is 2. The maximum Gasteiger partial charge on any atom is 0.277 e. The Morgan fingerprint density at radius 3 is 2.71 bits per heavy atom. The zero-order valence-corrected chi connectivity index (χ0v) is 11.7. The van der Waals surface area contributed by atoms with E-state index in [9.17, 15) is 9.59 Å². The van der Waals surface area contributed by atoms with Crippen molar-refractivity contribution in [1.82, 2.24) is 10.2 Å². The zero-order valence-electron chi connectivity index (χ0n) is 10.9. The van der Waals surface area contributed by atoms with Gasteiger partial charge in [0.25, 0.3) is 5.22 Å². The van der Waals surface area contributed by atoms with Crippen LogP contribution >= 0.6 is 11.8 Å². The Morgan fingerprint density at radius 2 is 2.05 bits per heavy atom. The lowest BCUT2D eigenvalue weighted by atomic mass is 10.3. The molecule has 1 saturated heterocycles. The van der Waals surface area contributed by atoms with Crippen LogP contribution in [-0.2, 0) is 16.1 Å². The number of rotatable bonds is 4. The average molecular weight is 304 g/mol. The van der Waals surface area contributed by atoms with Crippen LogP contribution < -0.4 is 10.6 Å². The number of para-hydroxylation sites is 1. The molecule has 2 amide bonds. The van der Waals surface area contributed by atoms with Crippen LogP contribution in [0.15, 0.2) is 40.0 Å². The molecule has 0 aliphatic carbocycles. The number of aromatic nitrogens is 2. The summed E-state index contributed by atoms with van der Waals surface area (Å²) in [5.74, 6) is -0.208. The number of benzene rings is 1. The molecule has 2 N–H and O–H groups in total. The number of carbonyl (C=O) groups is 2. The molecule has 1 aromatic carbocycles. The third kappa shape index (κ3) is 2.67. The molecule has 2 aromatic rings. The van der Waals surface area contributed by atoms with Crippen molar-refractivity contribution in [3.63, 3.8) is 0 Å². The number of imide groups is 1. The summed E-state index contributed by atoms with van der Waals surface area (Å²) in [6, 6.07) is 8.83. The lowest BCUT2D eigenvalue weighted by molar-refractivity contribution is -0.121. The highest BCUT2D eigenvalue weighted by Gasteiger charge is 2.41. The van der Waals surface area contributed by atoms with E-state index in [1.165, 1.54) is 4.90 Å². The summed E-state index contributed by atoms with van der Waals surface area (Å²) in [4.78, 5) is 25.6. The Hall–Kier alpha value is -2.19. The highest BCUT2D eigenvalue weighted by molar-refractivity contribution is 8.00. The minimum atomic E-state index is -0.552. The fraction of sp³-hybridized carbons (Fsp3) is 0.231. The molecule has 0 saturated carbocycles. The number of hydrogen-bond acceptors (Lipinski definition) is 7. The second kappa shape index (κ2) is 5.66. The van der Waals surface area contributed by atoms with Crippen molar-refractivity contribution in [2.45, 2.75) is 23.4 Å². The van der Waals surface area contributed by atoms with Gasteiger partial charge < -0.3 is 10.2 Å². The van der Waals surface area contributed by atoms with Gasteiger partial charge in [-0.15, -0.1) is 10.2 Å². The minimum Gasteiger partial charge on any atom is -0.415 e. The van der Waals surface area contributed by atoms with Gasteiger partial charge in [-0.25, -0.2) is 4.90 Å². The lowest BCUT2D eigenvalue weighted by Crippen LogP contribution is -2.30. The van der Waals surface area contributed by atoms with Gasteiger partial charge in [-0.1, -0.05) is 30.0 Å². The SMILES string of the molecule is NCc1nnc(SC2CC(=O)N(c3ccccc3)C2=O)o1. The van der Waals surface area contributed by atoms with Crippen LogP contribution in [0.1, 0.15) is 12.3 Å². The number of nitrogens with zero attached hydrogens (tertiary/aromatic N) is 3. The summed E-state index contributed by atoms with van der Waals surface area (Å²) in [6.07, 6.45) is 0.110. The standard InChI is InChI=1S/C13H12N4O3S/c14-7-10-15-16-13(20-10)21-9-6-11(18)17(12(9)19)8-4-2-1-3-5-8/h1-5,9H,6-7,14H2. The van der Waals surface area contributed by atoms with Gasteiger partial charge in [0.05, 0.1) is 12.2 Å². The van der Waals surface area contributed by atoms with Crippen LogP contribution in [0.5, 0.6) is 0 Å². The van der Waals surface area contributed by atoms with E-state index in [2.05, 4.69) is 10.2 Å². The number of anilines is 1. The predicted octanol–water partition coefficient (Wildman–Crippen LogP) is 0.952. The lowest BCUT2D eigenvalue weighted by Gasteiger charge is -2.13. The van der Waals surface area contributed by atoms with Gasteiger partial charge in [0.2, 0.25) is 17.7 Å². The molecule has 3 rings (SSSR count). The van der Waals surface area contributed by atoms with E-state index in [0.29, 0.717) is 11.6 Å². The smallest absolute Gasteiger partial charge is 0.277 e. The van der Waals surface area contributed by atoms with Crippen molar-refractivity contribution in [2.24, 2.45) is 5.73 Å². The fourth-order valence-corrected chi connectivity index (χ4v) is 2.94. The Balaban J connectivity index is 1.77. The second-order valence-electron chi connectivity index (χ2n) is 4.38. The Labute approximate surface area is 124 Å². The summed E-state index contributed by atoms with van der Waals surface area (Å²) in [5.41, 5.74) is 5.96. The van der Waals surface area contributed by atoms with E-state index < -0.39 is 5.25 Å². The quantitative estimate of drug-likeness (QED) is 0.839. The third-order valence-electron chi connectivity index (χ3n) is 2.99. The van der Waals surface area contributed by atoms with Crippen LogP contribution in [0.25, 0.3) is 0 Å². The van der Waals surface area contributed by atoms with Crippen molar-refractivity contribution in [2.75, 3.05) is 4.90 Å². The predicted molar refractivity (Wildman–Crippen MR) is 75.4 cm³/mol. The van der Waals surface area contributed by atoms with Gasteiger partial charge >= 0.3 is 0 Å². The number of amides is 2. The summed E-state index contributed by atoms with van der Waals surface area (Å²) in [6.45, 7) is 0.140. The summed E-state index contributed by atoms with van der Waals surface area (Å²) >= 11 is 1.09. The molecule has 0 radical (unpaired) electrons. The molecule has 1 unspecified atom stereocenters. The molecule has 2 heterocycles. The van der Waals surface area contributed by atoms with E-state index in [4.69, 9.17) is 10.2 Å². The van der Waals surface area contributed by atoms with Crippen LogP contribution in [0.2, 0.25) is 0 Å². The van der Waals surface area contributed by atoms with E-state index in [1.807, 2.05) is 6.07 Å². The Bertz CT molecular complexity index is 673. The first-order valence-electron chi connectivity index (χ1n) is 6.30. The molecule has 1 aromatic heterocycles. The first kappa shape index (κ1) is 13.8. The monoisotopic (exact) mass is 304 g/mol. The molecule has 108 valence electrons. The second-order valence-corrected chi connectivity index (χ2v) is 5.53. The van der Waals surface area contributed by atoms with Crippen molar-refractivity contribution in [3.8, 4) is 0 Å². The zero-order chi connectivity index (χ0) is 14.8. The fourth-order valence-electron chi connectivity index (χ4n) is 2.03. The van der Waals surface area contributed by atoms with Gasteiger partial charge in [0.15, 0.2) is 0 Å². The van der Waals surface area contributed by atoms with E-state index in [1.54, 1.807) is 24.3 Å². The Morgan fingerprint density at radius 1 is 1.29 bits per heavy atom. The summed E-state index contributed by atoms with van der Waals surface area (Å²) in [7, 11) is 0. The maximum atomic E-state index is 12.4. The topological polar surface area (TPSA) is 102 Å². The molecule has 0 bridgehead atoms. The minimum absolute atomic E-state index is 0.110. The van der Waals surface area contributed by atoms with Crippen molar-refractivity contribution < 1.29 is 14.0 Å². The van der Waals surface area contributed by atoms with Crippen LogP contribution in [0.4, 0.5) is 5.69 Å². The molecular formula is C13H12N4O3S. The molecule has 1 atom stereocenters. The van der Waals surface area contributed by atoms with Gasteiger partial charge in [-0.3, -0.25) is 9.59 Å². The van der Waals surface area contributed by atoms with Gasteiger partial charge in [-0.05, 0) is 12.1 Å².